The van der Waals surface area contributed by atoms with Gasteiger partial charge in [-0.3, -0.25) is 4.79 Å². The smallest absolute Gasteiger partial charge is 0.249 e. The quantitative estimate of drug-likeness (QED) is 0.862. The molecule has 1 aliphatic heterocycles. The highest BCUT2D eigenvalue weighted by Crippen LogP contribution is 2.16. The van der Waals surface area contributed by atoms with Gasteiger partial charge in [0.15, 0.2) is 0 Å². The molecule has 2 aromatic rings. The molecule has 25 heavy (non-hydrogen) atoms. The van der Waals surface area contributed by atoms with Gasteiger partial charge in [0, 0.05) is 19.0 Å². The van der Waals surface area contributed by atoms with Crippen LogP contribution in [0.2, 0.25) is 0 Å². The minimum Gasteiger partial charge on any atom is -0.497 e. The summed E-state index contributed by atoms with van der Waals surface area (Å²) in [5, 5.41) is 11.3. The standard InChI is InChI=1S/C18H24N4O3/c1-12(25-11-14-5-4-6-16(9-14)24-3)18(23)19-15-7-8-17-21-20-13(2)22(17)10-15/h4-6,9,12,15H,7-8,10-11H2,1-3H3,(H,19,23)/t12-,15+/m1/s1. The maximum Gasteiger partial charge on any atom is 0.249 e. The first-order valence-corrected chi connectivity index (χ1v) is 8.50. The molecular weight excluding hydrogens is 320 g/mol. The van der Waals surface area contributed by atoms with Crippen LogP contribution >= 0.6 is 0 Å². The van der Waals surface area contributed by atoms with Gasteiger partial charge in [0.25, 0.3) is 0 Å². The molecule has 3 rings (SSSR count). The zero-order valence-electron chi connectivity index (χ0n) is 14.9. The van der Waals surface area contributed by atoms with Crippen molar-refractivity contribution in [3.05, 3.63) is 41.5 Å². The zero-order chi connectivity index (χ0) is 17.8. The molecule has 134 valence electrons. The fourth-order valence-electron chi connectivity index (χ4n) is 2.96. The summed E-state index contributed by atoms with van der Waals surface area (Å²) in [6, 6.07) is 7.72. The first kappa shape index (κ1) is 17.4. The number of nitrogens with one attached hydrogen (secondary N) is 1. The van der Waals surface area contributed by atoms with Crippen molar-refractivity contribution in [1.29, 1.82) is 0 Å². The van der Waals surface area contributed by atoms with Crippen molar-refractivity contribution in [2.45, 2.75) is 52.0 Å². The fourth-order valence-corrected chi connectivity index (χ4v) is 2.96. The SMILES string of the molecule is COc1cccc(CO[C@H](C)C(=O)N[C@H]2CCc3nnc(C)n3C2)c1. The van der Waals surface area contributed by atoms with Gasteiger partial charge in [-0.05, 0) is 38.0 Å². The lowest BCUT2D eigenvalue weighted by Gasteiger charge is -2.26. The Morgan fingerprint density at radius 2 is 2.28 bits per heavy atom. The Morgan fingerprint density at radius 3 is 3.08 bits per heavy atom. The number of nitrogens with zero attached hydrogens (tertiary/aromatic N) is 3. The summed E-state index contributed by atoms with van der Waals surface area (Å²) in [7, 11) is 1.63. The molecule has 2 heterocycles. The number of amides is 1. The molecule has 1 aromatic carbocycles. The van der Waals surface area contributed by atoms with Crippen LogP contribution in [-0.4, -0.2) is 39.9 Å². The second kappa shape index (κ2) is 7.65. The molecule has 0 saturated carbocycles. The van der Waals surface area contributed by atoms with E-state index < -0.39 is 6.10 Å². The molecule has 1 aliphatic rings. The lowest BCUT2D eigenvalue weighted by molar-refractivity contribution is -0.133. The third-order valence-corrected chi connectivity index (χ3v) is 4.48. The molecule has 0 aliphatic carbocycles. The number of hydrogen-bond acceptors (Lipinski definition) is 5. The number of aryl methyl sites for hydroxylation is 2. The molecule has 0 bridgehead atoms. The monoisotopic (exact) mass is 344 g/mol. The Hall–Kier alpha value is -2.41. The molecule has 7 nitrogen and oxygen atoms in total. The minimum atomic E-state index is -0.519. The van der Waals surface area contributed by atoms with Gasteiger partial charge in [-0.15, -0.1) is 10.2 Å². The van der Waals surface area contributed by atoms with Crippen LogP contribution in [0, 0.1) is 6.92 Å². The summed E-state index contributed by atoms with van der Waals surface area (Å²) in [6.45, 7) is 4.78. The Kier molecular flexibility index (Phi) is 5.33. The molecule has 1 aromatic heterocycles. The molecular formula is C18H24N4O3. The number of carbonyl (C=O) groups excluding carboxylic acids is 1. The van der Waals surface area contributed by atoms with Gasteiger partial charge in [-0.1, -0.05) is 12.1 Å². The van der Waals surface area contributed by atoms with Crippen LogP contribution in [0.25, 0.3) is 0 Å². The van der Waals surface area contributed by atoms with Gasteiger partial charge < -0.3 is 19.4 Å². The summed E-state index contributed by atoms with van der Waals surface area (Å²) >= 11 is 0. The van der Waals surface area contributed by atoms with Crippen molar-refractivity contribution in [3.8, 4) is 5.75 Å². The van der Waals surface area contributed by atoms with Gasteiger partial charge in [-0.25, -0.2) is 0 Å². The molecule has 0 radical (unpaired) electrons. The van der Waals surface area contributed by atoms with E-state index in [2.05, 4.69) is 20.1 Å². The van der Waals surface area contributed by atoms with E-state index >= 15 is 0 Å². The number of benzene rings is 1. The fraction of sp³-hybridized carbons (Fsp3) is 0.500. The number of carbonyl (C=O) groups is 1. The number of rotatable bonds is 6. The van der Waals surface area contributed by atoms with E-state index in [1.54, 1.807) is 14.0 Å². The molecule has 0 unspecified atom stereocenters. The van der Waals surface area contributed by atoms with Gasteiger partial charge in [0.2, 0.25) is 5.91 Å². The first-order valence-electron chi connectivity index (χ1n) is 8.50. The van der Waals surface area contributed by atoms with E-state index in [1.165, 1.54) is 0 Å². The van der Waals surface area contributed by atoms with E-state index in [4.69, 9.17) is 9.47 Å². The molecule has 0 spiro atoms. The molecule has 2 atom stereocenters. The van der Waals surface area contributed by atoms with Crippen LogP contribution in [0.5, 0.6) is 5.75 Å². The maximum absolute atomic E-state index is 12.4. The third-order valence-electron chi connectivity index (χ3n) is 4.48. The molecule has 0 fully saturated rings. The van der Waals surface area contributed by atoms with Crippen molar-refractivity contribution in [1.82, 2.24) is 20.1 Å². The molecule has 0 saturated heterocycles. The largest absolute Gasteiger partial charge is 0.497 e. The van der Waals surface area contributed by atoms with E-state index in [9.17, 15) is 4.79 Å². The van der Waals surface area contributed by atoms with Crippen molar-refractivity contribution >= 4 is 5.91 Å². The molecule has 7 heteroatoms. The second-order valence-corrected chi connectivity index (χ2v) is 6.32. The lowest BCUT2D eigenvalue weighted by Crippen LogP contribution is -2.45. The average Bonchev–Trinajstić information content (AvgIpc) is 3.00. The summed E-state index contributed by atoms with van der Waals surface area (Å²) in [4.78, 5) is 12.4. The highest BCUT2D eigenvalue weighted by atomic mass is 16.5. The summed E-state index contributed by atoms with van der Waals surface area (Å²) in [5.41, 5.74) is 0.974. The lowest BCUT2D eigenvalue weighted by atomic mass is 10.1. The van der Waals surface area contributed by atoms with E-state index in [-0.39, 0.29) is 11.9 Å². The average molecular weight is 344 g/mol. The first-order chi connectivity index (χ1) is 12.1. The summed E-state index contributed by atoms with van der Waals surface area (Å²) in [6.07, 6.45) is 1.17. The highest BCUT2D eigenvalue weighted by Gasteiger charge is 2.24. The van der Waals surface area contributed by atoms with Crippen molar-refractivity contribution in [3.63, 3.8) is 0 Å². The van der Waals surface area contributed by atoms with Crippen LogP contribution in [-0.2, 0) is 29.1 Å². The topological polar surface area (TPSA) is 78.3 Å². The van der Waals surface area contributed by atoms with Gasteiger partial charge in [0.1, 0.15) is 23.5 Å². The molecule has 1 N–H and O–H groups in total. The predicted molar refractivity (Wildman–Crippen MR) is 92.3 cm³/mol. The number of aromatic nitrogens is 3. The second-order valence-electron chi connectivity index (χ2n) is 6.32. The Morgan fingerprint density at radius 1 is 1.44 bits per heavy atom. The van der Waals surface area contributed by atoms with Crippen LogP contribution in [0.15, 0.2) is 24.3 Å². The van der Waals surface area contributed by atoms with Crippen LogP contribution in [0.3, 0.4) is 0 Å². The number of methoxy groups -OCH3 is 1. The number of fused-ring (bicyclic) bond motifs is 1. The molecule has 1 amide bonds. The Bertz CT molecular complexity index is 744. The number of ether oxygens (including phenoxy) is 2. The van der Waals surface area contributed by atoms with Crippen molar-refractivity contribution < 1.29 is 14.3 Å². The maximum atomic E-state index is 12.4. The van der Waals surface area contributed by atoms with Gasteiger partial charge in [-0.2, -0.15) is 0 Å². The zero-order valence-corrected chi connectivity index (χ0v) is 14.9. The Balaban J connectivity index is 1.50. The van der Waals surface area contributed by atoms with Crippen molar-refractivity contribution in [2.24, 2.45) is 0 Å². The van der Waals surface area contributed by atoms with Crippen LogP contribution in [0.1, 0.15) is 30.6 Å². The van der Waals surface area contributed by atoms with Gasteiger partial charge >= 0.3 is 0 Å². The summed E-state index contributed by atoms with van der Waals surface area (Å²) in [5.74, 6) is 2.56. The normalized spacial score (nSPS) is 17.6. The highest BCUT2D eigenvalue weighted by molar-refractivity contribution is 5.80. The number of hydrogen-bond donors (Lipinski definition) is 1. The van der Waals surface area contributed by atoms with Crippen LogP contribution in [0.4, 0.5) is 0 Å². The predicted octanol–water partition coefficient (Wildman–Crippen LogP) is 1.63. The van der Waals surface area contributed by atoms with E-state index in [0.717, 1.165) is 35.8 Å². The van der Waals surface area contributed by atoms with Crippen molar-refractivity contribution in [2.75, 3.05) is 7.11 Å². The van der Waals surface area contributed by atoms with Crippen LogP contribution < -0.4 is 10.1 Å². The third kappa shape index (κ3) is 4.17. The van der Waals surface area contributed by atoms with Gasteiger partial charge in [0.05, 0.1) is 13.7 Å². The van der Waals surface area contributed by atoms with E-state index in [1.807, 2.05) is 31.2 Å². The van der Waals surface area contributed by atoms with E-state index in [0.29, 0.717) is 13.2 Å². The minimum absolute atomic E-state index is 0.0811. The Labute approximate surface area is 147 Å². The summed E-state index contributed by atoms with van der Waals surface area (Å²) < 4.78 is 13.0.